The van der Waals surface area contributed by atoms with E-state index in [2.05, 4.69) is 37.2 Å². The molecule has 0 spiro atoms. The zero-order chi connectivity index (χ0) is 17.5. The van der Waals surface area contributed by atoms with Gasteiger partial charge >= 0.3 is 0 Å². The molecule has 1 aromatic carbocycles. The molecule has 0 bridgehead atoms. The second-order valence-corrected chi connectivity index (χ2v) is 6.67. The van der Waals surface area contributed by atoms with Crippen LogP contribution >= 0.6 is 22.9 Å². The van der Waals surface area contributed by atoms with E-state index >= 15 is 0 Å². The highest BCUT2D eigenvalue weighted by Gasteiger charge is 2.08. The first-order chi connectivity index (χ1) is 12.2. The number of nitrogens with one attached hydrogen (secondary N) is 2. The van der Waals surface area contributed by atoms with Crippen LogP contribution in [0.15, 0.2) is 51.3 Å². The van der Waals surface area contributed by atoms with E-state index in [0.29, 0.717) is 29.7 Å². The van der Waals surface area contributed by atoms with Crippen molar-refractivity contribution in [3.05, 3.63) is 57.6 Å². The molecule has 0 atom stereocenters. The Balaban J connectivity index is 1.47. The van der Waals surface area contributed by atoms with Crippen LogP contribution in [0.3, 0.4) is 0 Å². The first kappa shape index (κ1) is 17.4. The normalized spacial score (nSPS) is 11.5. The number of benzene rings is 1. The molecule has 130 valence electrons. The minimum Gasteiger partial charge on any atom is -0.356 e. The van der Waals surface area contributed by atoms with Crippen molar-refractivity contribution in [2.24, 2.45) is 4.99 Å². The van der Waals surface area contributed by atoms with E-state index in [1.807, 2.05) is 18.2 Å². The van der Waals surface area contributed by atoms with E-state index in [0.717, 1.165) is 18.1 Å². The molecule has 0 aliphatic rings. The Hall–Kier alpha value is -2.38. The van der Waals surface area contributed by atoms with E-state index in [-0.39, 0.29) is 0 Å². The lowest BCUT2D eigenvalue weighted by atomic mass is 10.2. The standard InChI is InChI=1S/C17H18ClN5OS/c1-19-17(21-11-14-3-2-10-25-14)20-9-8-15-22-16(23-24-15)12-4-6-13(18)7-5-12/h2-7,10H,8-9,11H2,1H3,(H2,19,20,21). The summed E-state index contributed by atoms with van der Waals surface area (Å²) < 4.78 is 5.29. The molecule has 0 fully saturated rings. The van der Waals surface area contributed by atoms with Crippen molar-refractivity contribution < 1.29 is 4.52 Å². The number of nitrogens with zero attached hydrogens (tertiary/aromatic N) is 3. The first-order valence-corrected chi connectivity index (χ1v) is 9.06. The second kappa shape index (κ2) is 8.64. The van der Waals surface area contributed by atoms with Gasteiger partial charge in [-0.15, -0.1) is 11.3 Å². The fourth-order valence-corrected chi connectivity index (χ4v) is 2.94. The van der Waals surface area contributed by atoms with Gasteiger partial charge in [-0.1, -0.05) is 22.8 Å². The van der Waals surface area contributed by atoms with Gasteiger partial charge in [0.2, 0.25) is 11.7 Å². The highest BCUT2D eigenvalue weighted by atomic mass is 35.5. The number of aliphatic imine (C=N–C) groups is 1. The number of rotatable bonds is 6. The molecule has 0 aliphatic carbocycles. The van der Waals surface area contributed by atoms with E-state index in [9.17, 15) is 0 Å². The monoisotopic (exact) mass is 375 g/mol. The van der Waals surface area contributed by atoms with Crippen LogP contribution in [0.1, 0.15) is 10.8 Å². The van der Waals surface area contributed by atoms with Gasteiger partial charge in [0.25, 0.3) is 0 Å². The second-order valence-electron chi connectivity index (χ2n) is 5.20. The van der Waals surface area contributed by atoms with Crippen LogP contribution in [0, 0.1) is 0 Å². The largest absolute Gasteiger partial charge is 0.356 e. The number of hydrogen-bond donors (Lipinski definition) is 2. The number of guanidine groups is 1. The maximum Gasteiger partial charge on any atom is 0.228 e. The predicted octanol–water partition coefficient (Wildman–Crippen LogP) is 3.36. The van der Waals surface area contributed by atoms with Crippen LogP contribution in [0.5, 0.6) is 0 Å². The van der Waals surface area contributed by atoms with Gasteiger partial charge in [0.15, 0.2) is 5.96 Å². The third kappa shape index (κ3) is 5.04. The van der Waals surface area contributed by atoms with Crippen molar-refractivity contribution in [3.63, 3.8) is 0 Å². The summed E-state index contributed by atoms with van der Waals surface area (Å²) >= 11 is 7.60. The maximum atomic E-state index is 5.89. The van der Waals surface area contributed by atoms with Gasteiger partial charge in [0, 0.05) is 35.5 Å². The Morgan fingerprint density at radius 1 is 1.24 bits per heavy atom. The van der Waals surface area contributed by atoms with E-state index in [1.165, 1.54) is 4.88 Å². The van der Waals surface area contributed by atoms with Gasteiger partial charge in [0.05, 0.1) is 6.54 Å². The summed E-state index contributed by atoms with van der Waals surface area (Å²) in [7, 11) is 1.75. The summed E-state index contributed by atoms with van der Waals surface area (Å²) in [5.74, 6) is 1.88. The van der Waals surface area contributed by atoms with Crippen LogP contribution in [-0.2, 0) is 13.0 Å². The molecule has 0 aliphatic heterocycles. The SMILES string of the molecule is CN=C(NCCc1nc(-c2ccc(Cl)cc2)no1)NCc1cccs1. The Bertz CT molecular complexity index is 814. The number of halogens is 1. The first-order valence-electron chi connectivity index (χ1n) is 7.80. The van der Waals surface area contributed by atoms with Crippen molar-refractivity contribution in [1.29, 1.82) is 0 Å². The lowest BCUT2D eigenvalue weighted by molar-refractivity contribution is 0.378. The molecular weight excluding hydrogens is 358 g/mol. The summed E-state index contributed by atoms with van der Waals surface area (Å²) in [5, 5.41) is 13.2. The van der Waals surface area contributed by atoms with E-state index < -0.39 is 0 Å². The summed E-state index contributed by atoms with van der Waals surface area (Å²) in [6.07, 6.45) is 0.611. The average Bonchev–Trinajstić information content (AvgIpc) is 3.30. The summed E-state index contributed by atoms with van der Waals surface area (Å²) in [6, 6.07) is 11.5. The smallest absolute Gasteiger partial charge is 0.228 e. The lowest BCUT2D eigenvalue weighted by Gasteiger charge is -2.09. The Morgan fingerprint density at radius 2 is 2.08 bits per heavy atom. The zero-order valence-electron chi connectivity index (χ0n) is 13.7. The highest BCUT2D eigenvalue weighted by molar-refractivity contribution is 7.09. The maximum absolute atomic E-state index is 5.89. The quantitative estimate of drug-likeness (QED) is 0.510. The molecule has 25 heavy (non-hydrogen) atoms. The Morgan fingerprint density at radius 3 is 2.80 bits per heavy atom. The third-order valence-corrected chi connectivity index (χ3v) is 4.56. The molecule has 6 nitrogen and oxygen atoms in total. The summed E-state index contributed by atoms with van der Waals surface area (Å²) in [6.45, 7) is 1.39. The number of aromatic nitrogens is 2. The molecule has 0 saturated heterocycles. The fraction of sp³-hybridized carbons (Fsp3) is 0.235. The molecule has 3 aromatic rings. The Kier molecular flexibility index (Phi) is 6.03. The molecule has 2 aromatic heterocycles. The summed E-state index contributed by atoms with van der Waals surface area (Å²) in [5.41, 5.74) is 0.876. The van der Waals surface area contributed by atoms with Gasteiger partial charge in [-0.25, -0.2) is 0 Å². The van der Waals surface area contributed by atoms with Crippen LogP contribution in [0.4, 0.5) is 0 Å². The van der Waals surface area contributed by atoms with Crippen molar-refractivity contribution in [3.8, 4) is 11.4 Å². The topological polar surface area (TPSA) is 75.3 Å². The predicted molar refractivity (Wildman–Crippen MR) is 101 cm³/mol. The van der Waals surface area contributed by atoms with Crippen LogP contribution in [0.2, 0.25) is 5.02 Å². The van der Waals surface area contributed by atoms with E-state index in [1.54, 1.807) is 30.5 Å². The summed E-state index contributed by atoms with van der Waals surface area (Å²) in [4.78, 5) is 9.86. The highest BCUT2D eigenvalue weighted by Crippen LogP contribution is 2.18. The van der Waals surface area contributed by atoms with Gasteiger partial charge in [-0.2, -0.15) is 4.98 Å². The molecule has 0 radical (unpaired) electrons. The fourth-order valence-electron chi connectivity index (χ4n) is 2.17. The van der Waals surface area contributed by atoms with Crippen molar-refractivity contribution in [1.82, 2.24) is 20.8 Å². The molecular formula is C17H18ClN5OS. The van der Waals surface area contributed by atoms with Crippen molar-refractivity contribution >= 4 is 28.9 Å². The molecule has 2 N–H and O–H groups in total. The van der Waals surface area contributed by atoms with Crippen molar-refractivity contribution in [2.75, 3.05) is 13.6 Å². The zero-order valence-corrected chi connectivity index (χ0v) is 15.3. The van der Waals surface area contributed by atoms with Crippen molar-refractivity contribution in [2.45, 2.75) is 13.0 Å². The number of hydrogen-bond acceptors (Lipinski definition) is 5. The molecule has 8 heteroatoms. The Labute approximate surface area is 154 Å². The molecule has 0 unspecified atom stereocenters. The average molecular weight is 376 g/mol. The molecule has 3 rings (SSSR count). The van der Waals surface area contributed by atoms with Crippen LogP contribution in [0.25, 0.3) is 11.4 Å². The van der Waals surface area contributed by atoms with Crippen LogP contribution < -0.4 is 10.6 Å². The molecule has 0 amide bonds. The minimum atomic E-state index is 0.562. The lowest BCUT2D eigenvalue weighted by Crippen LogP contribution is -2.37. The van der Waals surface area contributed by atoms with Gasteiger partial charge in [-0.3, -0.25) is 4.99 Å². The molecule has 2 heterocycles. The molecule has 0 saturated carbocycles. The third-order valence-electron chi connectivity index (χ3n) is 3.44. The van der Waals surface area contributed by atoms with Gasteiger partial charge in [-0.05, 0) is 35.7 Å². The van der Waals surface area contributed by atoms with Crippen LogP contribution in [-0.4, -0.2) is 29.7 Å². The van der Waals surface area contributed by atoms with Gasteiger partial charge < -0.3 is 15.2 Å². The van der Waals surface area contributed by atoms with E-state index in [4.69, 9.17) is 16.1 Å². The minimum absolute atomic E-state index is 0.562. The van der Waals surface area contributed by atoms with Gasteiger partial charge in [0.1, 0.15) is 0 Å². The number of thiophene rings is 1.